The first-order valence-electron chi connectivity index (χ1n) is 8.18. The highest BCUT2D eigenvalue weighted by Crippen LogP contribution is 2.41. The zero-order valence-electron chi connectivity index (χ0n) is 13.6. The molecule has 0 aliphatic heterocycles. The lowest BCUT2D eigenvalue weighted by Crippen LogP contribution is -2.35. The third-order valence-corrected chi connectivity index (χ3v) is 4.73. The number of aryl methyl sites for hydroxylation is 1. The second-order valence-electron chi connectivity index (χ2n) is 6.63. The van der Waals surface area contributed by atoms with Crippen LogP contribution in [0.3, 0.4) is 0 Å². The Labute approximate surface area is 127 Å². The molecule has 5 nitrogen and oxygen atoms in total. The highest BCUT2D eigenvalue weighted by Gasteiger charge is 2.40. The minimum Gasteiger partial charge on any atom is -0.370 e. The van der Waals surface area contributed by atoms with Crippen molar-refractivity contribution in [3.8, 4) is 0 Å². The summed E-state index contributed by atoms with van der Waals surface area (Å²) in [7, 11) is 1.76. The Morgan fingerprint density at radius 3 is 2.95 bits per heavy atom. The van der Waals surface area contributed by atoms with E-state index in [1.165, 1.54) is 6.42 Å². The quantitative estimate of drug-likeness (QED) is 0.837. The van der Waals surface area contributed by atoms with Crippen molar-refractivity contribution in [2.75, 3.05) is 13.7 Å². The molecule has 1 heterocycles. The molecule has 1 aliphatic rings. The van der Waals surface area contributed by atoms with Gasteiger partial charge in [0.25, 0.3) is 0 Å². The Kier molecular flexibility index (Phi) is 5.76. The van der Waals surface area contributed by atoms with Crippen LogP contribution in [-0.2, 0) is 16.8 Å². The van der Waals surface area contributed by atoms with Gasteiger partial charge in [0.1, 0.15) is 5.60 Å². The lowest BCUT2D eigenvalue weighted by atomic mass is 9.78. The molecule has 1 aromatic heterocycles. The minimum atomic E-state index is -0.345. The van der Waals surface area contributed by atoms with E-state index in [2.05, 4.69) is 24.0 Å². The predicted octanol–water partition coefficient (Wildman–Crippen LogP) is 3.04. The molecule has 3 unspecified atom stereocenters. The smallest absolute Gasteiger partial charge is 0.226 e. The molecule has 0 bridgehead atoms. The van der Waals surface area contributed by atoms with Gasteiger partial charge in [-0.1, -0.05) is 25.4 Å². The van der Waals surface area contributed by atoms with E-state index >= 15 is 0 Å². The molecule has 2 rings (SSSR count). The third-order valence-electron chi connectivity index (χ3n) is 4.73. The summed E-state index contributed by atoms with van der Waals surface area (Å²) in [4.78, 5) is 4.61. The van der Waals surface area contributed by atoms with Gasteiger partial charge in [0, 0.05) is 13.5 Å². The van der Waals surface area contributed by atoms with Gasteiger partial charge in [0.15, 0.2) is 0 Å². The lowest BCUT2D eigenvalue weighted by Gasteiger charge is -2.36. The molecule has 1 aromatic rings. The number of hydrogen-bond acceptors (Lipinski definition) is 5. The molecule has 5 heteroatoms. The number of hydrogen-bond donors (Lipinski definition) is 1. The first kappa shape index (κ1) is 16.4. The molecule has 1 fully saturated rings. The summed E-state index contributed by atoms with van der Waals surface area (Å²) in [5, 5.41) is 4.21. The normalized spacial score (nSPS) is 27.7. The SMILES string of the molecule is COC1(c2noc(CCC(C)CCN)n2)CCCC(C)C1. The van der Waals surface area contributed by atoms with Gasteiger partial charge in [-0.05, 0) is 50.5 Å². The molecule has 0 radical (unpaired) electrons. The maximum Gasteiger partial charge on any atom is 0.226 e. The average molecular weight is 295 g/mol. The molecule has 120 valence electrons. The summed E-state index contributed by atoms with van der Waals surface area (Å²) >= 11 is 0. The number of aromatic nitrogens is 2. The van der Waals surface area contributed by atoms with Crippen LogP contribution in [0.4, 0.5) is 0 Å². The number of methoxy groups -OCH3 is 1. The molecule has 0 amide bonds. The van der Waals surface area contributed by atoms with Crippen molar-refractivity contribution in [2.24, 2.45) is 17.6 Å². The van der Waals surface area contributed by atoms with Crippen LogP contribution in [0.25, 0.3) is 0 Å². The predicted molar refractivity (Wildman–Crippen MR) is 81.8 cm³/mol. The summed E-state index contributed by atoms with van der Waals surface area (Å²) < 4.78 is 11.2. The second-order valence-corrected chi connectivity index (χ2v) is 6.63. The molecule has 0 saturated heterocycles. The van der Waals surface area contributed by atoms with Gasteiger partial charge >= 0.3 is 0 Å². The fourth-order valence-electron chi connectivity index (χ4n) is 3.32. The number of nitrogens with two attached hydrogens (primary N) is 1. The van der Waals surface area contributed by atoms with Crippen LogP contribution < -0.4 is 5.73 Å². The molecule has 0 spiro atoms. The number of nitrogens with zero attached hydrogens (tertiary/aromatic N) is 2. The first-order chi connectivity index (χ1) is 10.1. The highest BCUT2D eigenvalue weighted by atomic mass is 16.5. The fraction of sp³-hybridized carbons (Fsp3) is 0.875. The van der Waals surface area contributed by atoms with E-state index < -0.39 is 0 Å². The van der Waals surface area contributed by atoms with E-state index in [0.717, 1.165) is 56.8 Å². The van der Waals surface area contributed by atoms with Gasteiger partial charge < -0.3 is 15.0 Å². The third kappa shape index (κ3) is 4.04. The van der Waals surface area contributed by atoms with Crippen LogP contribution in [0.1, 0.15) is 64.1 Å². The lowest BCUT2D eigenvalue weighted by molar-refractivity contribution is -0.0658. The van der Waals surface area contributed by atoms with Crippen molar-refractivity contribution in [2.45, 2.75) is 64.4 Å². The van der Waals surface area contributed by atoms with Crippen molar-refractivity contribution in [1.29, 1.82) is 0 Å². The zero-order chi connectivity index (χ0) is 15.3. The Morgan fingerprint density at radius 2 is 2.29 bits per heavy atom. The standard InChI is InChI=1S/C16H29N3O2/c1-12(8-10-17)6-7-14-18-15(19-21-14)16(20-3)9-4-5-13(2)11-16/h12-13H,4-11,17H2,1-3H3. The molecule has 1 saturated carbocycles. The van der Waals surface area contributed by atoms with Crippen LogP contribution >= 0.6 is 0 Å². The largest absolute Gasteiger partial charge is 0.370 e. The summed E-state index contributed by atoms with van der Waals surface area (Å²) in [5.41, 5.74) is 5.24. The maximum atomic E-state index is 5.81. The first-order valence-corrected chi connectivity index (χ1v) is 8.18. The van der Waals surface area contributed by atoms with Crippen LogP contribution in [0.5, 0.6) is 0 Å². The molecule has 1 aliphatic carbocycles. The van der Waals surface area contributed by atoms with E-state index in [1.807, 2.05) is 0 Å². The Bertz CT molecular complexity index is 435. The van der Waals surface area contributed by atoms with Crippen molar-refractivity contribution in [3.63, 3.8) is 0 Å². The maximum absolute atomic E-state index is 5.81. The highest BCUT2D eigenvalue weighted by molar-refractivity contribution is 5.04. The van der Waals surface area contributed by atoms with Gasteiger partial charge in [0.2, 0.25) is 11.7 Å². The minimum absolute atomic E-state index is 0.345. The van der Waals surface area contributed by atoms with Gasteiger partial charge in [-0.15, -0.1) is 0 Å². The number of ether oxygens (including phenoxy) is 1. The summed E-state index contributed by atoms with van der Waals surface area (Å²) in [5.74, 6) is 2.70. The zero-order valence-corrected chi connectivity index (χ0v) is 13.6. The van der Waals surface area contributed by atoms with Gasteiger partial charge in [0.05, 0.1) is 0 Å². The topological polar surface area (TPSA) is 74.2 Å². The molecule has 2 N–H and O–H groups in total. The molecular weight excluding hydrogens is 266 g/mol. The van der Waals surface area contributed by atoms with Crippen LogP contribution in [-0.4, -0.2) is 23.8 Å². The van der Waals surface area contributed by atoms with Crippen molar-refractivity contribution < 1.29 is 9.26 Å². The van der Waals surface area contributed by atoms with Gasteiger partial charge in [-0.25, -0.2) is 0 Å². The van der Waals surface area contributed by atoms with Crippen LogP contribution in [0.15, 0.2) is 4.52 Å². The van der Waals surface area contributed by atoms with E-state index in [1.54, 1.807) is 7.11 Å². The Hall–Kier alpha value is -0.940. The van der Waals surface area contributed by atoms with Crippen molar-refractivity contribution >= 4 is 0 Å². The fourth-order valence-corrected chi connectivity index (χ4v) is 3.32. The van der Waals surface area contributed by atoms with E-state index in [-0.39, 0.29) is 5.60 Å². The van der Waals surface area contributed by atoms with Crippen LogP contribution in [0, 0.1) is 11.8 Å². The summed E-state index contributed by atoms with van der Waals surface area (Å²) in [6.45, 7) is 5.22. The summed E-state index contributed by atoms with van der Waals surface area (Å²) in [6.07, 6.45) is 7.28. The van der Waals surface area contributed by atoms with E-state index in [9.17, 15) is 0 Å². The Balaban J connectivity index is 2.00. The average Bonchev–Trinajstić information content (AvgIpc) is 2.95. The van der Waals surface area contributed by atoms with Gasteiger partial charge in [-0.2, -0.15) is 4.98 Å². The monoisotopic (exact) mass is 295 g/mol. The molecular formula is C16H29N3O2. The molecule has 3 atom stereocenters. The van der Waals surface area contributed by atoms with Crippen molar-refractivity contribution in [3.05, 3.63) is 11.7 Å². The Morgan fingerprint density at radius 1 is 1.48 bits per heavy atom. The van der Waals surface area contributed by atoms with Crippen LogP contribution in [0.2, 0.25) is 0 Å². The van der Waals surface area contributed by atoms with Gasteiger partial charge in [-0.3, -0.25) is 0 Å². The summed E-state index contributed by atoms with van der Waals surface area (Å²) in [6, 6.07) is 0. The second kappa shape index (κ2) is 7.36. The van der Waals surface area contributed by atoms with E-state index in [0.29, 0.717) is 11.8 Å². The number of rotatable bonds is 7. The van der Waals surface area contributed by atoms with E-state index in [4.69, 9.17) is 15.0 Å². The molecule has 0 aromatic carbocycles. The molecule has 21 heavy (non-hydrogen) atoms. The van der Waals surface area contributed by atoms with Crippen molar-refractivity contribution in [1.82, 2.24) is 10.1 Å².